The molecule has 0 bridgehead atoms. The SMILES string of the molecule is COc1ncc(Br)c(C(=O)Nc2cc3cn(C4CCN(CC5CCN(c6ccc(C(=O)N[C@H]7CCC(=O)NC7=O)c(OC)c6)CC5)CC4)nc3cc2N2CCCCC2)n1. The molecule has 4 aromatic rings. The van der Waals surface area contributed by atoms with Crippen LogP contribution in [0.4, 0.5) is 17.1 Å². The van der Waals surface area contributed by atoms with Crippen LogP contribution in [-0.4, -0.2) is 114 Å². The van der Waals surface area contributed by atoms with Gasteiger partial charge in [0, 0.05) is 81.8 Å². The molecule has 2 aromatic heterocycles. The number of amides is 4. The van der Waals surface area contributed by atoms with E-state index in [0.717, 1.165) is 112 Å². The third kappa shape index (κ3) is 9.15. The monoisotopic (exact) mass is 870 g/mol. The van der Waals surface area contributed by atoms with E-state index in [9.17, 15) is 19.2 Å². The first-order chi connectivity index (χ1) is 28.6. The highest BCUT2D eigenvalue weighted by Crippen LogP contribution is 2.36. The van der Waals surface area contributed by atoms with Crippen molar-refractivity contribution in [2.75, 3.05) is 75.1 Å². The number of halogens is 1. The number of hydrogen-bond donors (Lipinski definition) is 3. The van der Waals surface area contributed by atoms with Crippen LogP contribution in [0.15, 0.2) is 47.2 Å². The number of nitrogens with one attached hydrogen (secondary N) is 3. The van der Waals surface area contributed by atoms with E-state index in [1.807, 2.05) is 18.2 Å². The smallest absolute Gasteiger partial charge is 0.316 e. The van der Waals surface area contributed by atoms with Gasteiger partial charge in [0.15, 0.2) is 0 Å². The van der Waals surface area contributed by atoms with Crippen molar-refractivity contribution in [2.45, 2.75) is 69.9 Å². The van der Waals surface area contributed by atoms with E-state index in [1.165, 1.54) is 26.8 Å². The van der Waals surface area contributed by atoms with Crippen LogP contribution >= 0.6 is 15.9 Å². The van der Waals surface area contributed by atoms with Crippen LogP contribution in [0.5, 0.6) is 11.8 Å². The summed E-state index contributed by atoms with van der Waals surface area (Å²) in [6.07, 6.45) is 11.7. The van der Waals surface area contributed by atoms with Crippen LogP contribution in [-0.2, 0) is 9.59 Å². The molecule has 59 heavy (non-hydrogen) atoms. The van der Waals surface area contributed by atoms with E-state index in [-0.39, 0.29) is 36.4 Å². The Hall–Kier alpha value is -5.29. The number of carbonyl (C=O) groups excluding carboxylic acids is 4. The second-order valence-corrected chi connectivity index (χ2v) is 16.8. The van der Waals surface area contributed by atoms with Gasteiger partial charge in [-0.3, -0.25) is 29.2 Å². The first-order valence-electron chi connectivity index (χ1n) is 20.6. The van der Waals surface area contributed by atoms with Crippen molar-refractivity contribution in [2.24, 2.45) is 5.92 Å². The lowest BCUT2D eigenvalue weighted by molar-refractivity contribution is -0.134. The molecule has 4 amide bonds. The molecular weight excluding hydrogens is 820 g/mol. The Labute approximate surface area is 351 Å². The number of methoxy groups -OCH3 is 2. The van der Waals surface area contributed by atoms with Crippen molar-refractivity contribution in [3.63, 3.8) is 0 Å². The molecule has 17 heteroatoms. The molecule has 4 aliphatic heterocycles. The maximum atomic E-state index is 13.5. The number of hydrogen-bond acceptors (Lipinski definition) is 12. The molecule has 0 aliphatic carbocycles. The molecule has 0 unspecified atom stereocenters. The highest BCUT2D eigenvalue weighted by atomic mass is 79.9. The Balaban J connectivity index is 0.861. The standard InChI is InChI=1S/C42H51BrN10O6/c1-58-36-21-29(6-7-30(36)39(55)45-32-8-9-37(54)47-40(32)56)51-18-10-26(11-19-51)24-50-16-12-28(13-17-50)53-25-27-20-34(35(22-33(27)49-53)52-14-4-3-5-15-52)46-41(57)38-31(43)23-44-42(48-38)59-2/h6-7,20-23,25-26,28,32H,3-5,8-19,24H2,1-2H3,(H,45,55)(H,46,57)(H,47,54,56)/t32-/m0/s1. The maximum Gasteiger partial charge on any atom is 0.316 e. The van der Waals surface area contributed by atoms with Crippen LogP contribution in [0.25, 0.3) is 10.9 Å². The predicted molar refractivity (Wildman–Crippen MR) is 226 cm³/mol. The lowest BCUT2D eigenvalue weighted by atomic mass is 9.94. The Bertz CT molecular complexity index is 2210. The molecule has 312 valence electrons. The van der Waals surface area contributed by atoms with Gasteiger partial charge >= 0.3 is 6.01 Å². The highest BCUT2D eigenvalue weighted by molar-refractivity contribution is 9.10. The highest BCUT2D eigenvalue weighted by Gasteiger charge is 2.30. The molecule has 4 fully saturated rings. The minimum absolute atomic E-state index is 0.128. The zero-order valence-electron chi connectivity index (χ0n) is 33.5. The van der Waals surface area contributed by atoms with E-state index in [4.69, 9.17) is 14.6 Å². The number of fused-ring (bicyclic) bond motifs is 1. The van der Waals surface area contributed by atoms with Gasteiger partial charge in [-0.1, -0.05) is 0 Å². The number of rotatable bonds is 11. The van der Waals surface area contributed by atoms with Gasteiger partial charge in [0.2, 0.25) is 11.8 Å². The number of carbonyl (C=O) groups is 4. The van der Waals surface area contributed by atoms with Crippen molar-refractivity contribution in [3.05, 3.63) is 58.5 Å². The van der Waals surface area contributed by atoms with Crippen molar-refractivity contribution in [3.8, 4) is 11.8 Å². The zero-order chi connectivity index (χ0) is 41.0. The van der Waals surface area contributed by atoms with Gasteiger partial charge in [0.1, 0.15) is 17.5 Å². The number of aromatic nitrogens is 4. The molecular formula is C42H51BrN10O6. The maximum absolute atomic E-state index is 13.5. The van der Waals surface area contributed by atoms with E-state index >= 15 is 0 Å². The van der Waals surface area contributed by atoms with Gasteiger partial charge in [0.25, 0.3) is 11.8 Å². The van der Waals surface area contributed by atoms with Crippen LogP contribution < -0.4 is 35.2 Å². The molecule has 0 radical (unpaired) electrons. The number of likely N-dealkylation sites (tertiary alicyclic amines) is 1. The average Bonchev–Trinajstić information content (AvgIpc) is 3.68. The minimum Gasteiger partial charge on any atom is -0.496 e. The van der Waals surface area contributed by atoms with Gasteiger partial charge in [-0.15, -0.1) is 0 Å². The van der Waals surface area contributed by atoms with Crippen LogP contribution in [0.3, 0.4) is 0 Å². The Kier molecular flexibility index (Phi) is 12.3. The molecule has 0 saturated carbocycles. The average molecular weight is 872 g/mol. The quantitative estimate of drug-likeness (QED) is 0.174. The summed E-state index contributed by atoms with van der Waals surface area (Å²) in [4.78, 5) is 65.9. The molecule has 3 N–H and O–H groups in total. The molecule has 4 saturated heterocycles. The van der Waals surface area contributed by atoms with Gasteiger partial charge < -0.3 is 34.8 Å². The summed E-state index contributed by atoms with van der Waals surface area (Å²) in [5.74, 6) is -0.507. The molecule has 16 nitrogen and oxygen atoms in total. The van der Waals surface area contributed by atoms with E-state index in [2.05, 4.69) is 73.5 Å². The van der Waals surface area contributed by atoms with E-state index in [0.29, 0.717) is 27.7 Å². The van der Waals surface area contributed by atoms with Crippen molar-refractivity contribution in [1.29, 1.82) is 0 Å². The molecule has 1 atom stereocenters. The zero-order valence-corrected chi connectivity index (χ0v) is 35.1. The van der Waals surface area contributed by atoms with E-state index in [1.54, 1.807) is 6.07 Å². The summed E-state index contributed by atoms with van der Waals surface area (Å²) in [6.45, 7) is 6.78. The normalized spacial score (nSPS) is 19.7. The summed E-state index contributed by atoms with van der Waals surface area (Å²) < 4.78 is 13.4. The molecule has 4 aliphatic rings. The third-order valence-electron chi connectivity index (χ3n) is 12.1. The fourth-order valence-electron chi connectivity index (χ4n) is 8.79. The van der Waals surface area contributed by atoms with Crippen LogP contribution in [0.2, 0.25) is 0 Å². The number of anilines is 3. The summed E-state index contributed by atoms with van der Waals surface area (Å²) in [7, 11) is 3.01. The second kappa shape index (κ2) is 17.9. The van der Waals surface area contributed by atoms with Crippen molar-refractivity contribution >= 4 is 67.5 Å². The summed E-state index contributed by atoms with van der Waals surface area (Å²) in [5, 5.41) is 14.2. The van der Waals surface area contributed by atoms with Gasteiger partial charge in [-0.05, 0) is 97.5 Å². The first kappa shape index (κ1) is 40.5. The molecule has 8 rings (SSSR count). The van der Waals surface area contributed by atoms with E-state index < -0.39 is 17.9 Å². The lowest BCUT2D eigenvalue weighted by Gasteiger charge is -2.38. The number of nitrogens with zero attached hydrogens (tertiary/aromatic N) is 7. The fourth-order valence-corrected chi connectivity index (χ4v) is 9.16. The van der Waals surface area contributed by atoms with Crippen molar-refractivity contribution < 1.29 is 28.7 Å². The summed E-state index contributed by atoms with van der Waals surface area (Å²) >= 11 is 3.42. The van der Waals surface area contributed by atoms with Gasteiger partial charge in [-0.25, -0.2) is 4.98 Å². The van der Waals surface area contributed by atoms with Gasteiger partial charge in [0.05, 0.1) is 47.2 Å². The van der Waals surface area contributed by atoms with Crippen LogP contribution in [0, 0.1) is 5.92 Å². The Morgan fingerprint density at radius 1 is 0.898 bits per heavy atom. The Morgan fingerprint density at radius 2 is 1.68 bits per heavy atom. The fraction of sp³-hybridized carbons (Fsp3) is 0.500. The predicted octanol–water partition coefficient (Wildman–Crippen LogP) is 4.94. The van der Waals surface area contributed by atoms with Crippen LogP contribution in [0.1, 0.15) is 84.7 Å². The van der Waals surface area contributed by atoms with Crippen molar-refractivity contribution in [1.82, 2.24) is 35.3 Å². The lowest BCUT2D eigenvalue weighted by Crippen LogP contribution is -2.52. The van der Waals surface area contributed by atoms with Gasteiger partial charge in [-0.2, -0.15) is 10.1 Å². The molecule has 0 spiro atoms. The summed E-state index contributed by atoms with van der Waals surface area (Å²) in [6, 6.07) is 9.42. The summed E-state index contributed by atoms with van der Waals surface area (Å²) in [5.41, 5.74) is 4.19. The molecule has 2 aromatic carbocycles. The Morgan fingerprint density at radius 3 is 2.41 bits per heavy atom. The number of ether oxygens (including phenoxy) is 2. The minimum atomic E-state index is -0.750. The number of benzene rings is 2. The third-order valence-corrected chi connectivity index (χ3v) is 12.7. The molecule has 6 heterocycles. The first-order valence-corrected chi connectivity index (χ1v) is 21.4. The second-order valence-electron chi connectivity index (χ2n) is 15.9. The number of piperidine rings is 4. The largest absolute Gasteiger partial charge is 0.496 e. The number of imide groups is 1. The topological polar surface area (TPSA) is 176 Å².